The van der Waals surface area contributed by atoms with E-state index in [4.69, 9.17) is 5.11 Å². The van der Waals surface area contributed by atoms with E-state index in [-0.39, 0.29) is 6.10 Å². The van der Waals surface area contributed by atoms with E-state index >= 15 is 0 Å². The Morgan fingerprint density at radius 3 is 2.04 bits per heavy atom. The van der Waals surface area contributed by atoms with E-state index in [0.717, 1.165) is 24.4 Å². The van der Waals surface area contributed by atoms with Gasteiger partial charge in [-0.1, -0.05) is 39.8 Å². The van der Waals surface area contributed by atoms with Crippen LogP contribution in [-0.2, 0) is 0 Å². The van der Waals surface area contributed by atoms with Crippen molar-refractivity contribution in [2.24, 2.45) is 11.8 Å². The first-order valence-corrected chi connectivity index (χ1v) is 9.31. The molecule has 0 aromatic carbocycles. The molecule has 1 saturated heterocycles. The van der Waals surface area contributed by atoms with Crippen molar-refractivity contribution in [1.29, 1.82) is 0 Å². The first-order chi connectivity index (χ1) is 10.6. The molecule has 2 unspecified atom stereocenters. The third-order valence-corrected chi connectivity index (χ3v) is 3.53. The minimum atomic E-state index is -0.167. The topological polar surface area (TPSA) is 35.5 Å². The monoisotopic (exact) mass is 328 g/mol. The van der Waals surface area contributed by atoms with E-state index in [2.05, 4.69) is 58.6 Å². The van der Waals surface area contributed by atoms with Gasteiger partial charge >= 0.3 is 0 Å². The SMILES string of the molecule is C=C1CCC(CC)NC1.CC(C)CC(C)CN(C)C.CC(C)O. The van der Waals surface area contributed by atoms with Gasteiger partial charge < -0.3 is 15.3 Å². The van der Waals surface area contributed by atoms with Crippen molar-refractivity contribution >= 4 is 0 Å². The first-order valence-electron chi connectivity index (χ1n) is 9.31. The molecule has 1 fully saturated rings. The molecular weight excluding hydrogens is 284 g/mol. The summed E-state index contributed by atoms with van der Waals surface area (Å²) in [6.07, 6.45) is 4.95. The summed E-state index contributed by atoms with van der Waals surface area (Å²) in [5.74, 6) is 1.69. The Kier molecular flexibility index (Phi) is 16.4. The molecule has 0 amide bonds. The molecule has 2 N–H and O–H groups in total. The average molecular weight is 329 g/mol. The van der Waals surface area contributed by atoms with Crippen molar-refractivity contribution in [3.05, 3.63) is 12.2 Å². The Hall–Kier alpha value is -0.380. The van der Waals surface area contributed by atoms with Crippen molar-refractivity contribution < 1.29 is 5.11 Å². The van der Waals surface area contributed by atoms with Gasteiger partial charge in [0, 0.05) is 25.2 Å². The molecule has 1 heterocycles. The summed E-state index contributed by atoms with van der Waals surface area (Å²) < 4.78 is 0. The van der Waals surface area contributed by atoms with Gasteiger partial charge in [-0.05, 0) is 65.5 Å². The number of nitrogens with one attached hydrogen (secondary N) is 1. The third kappa shape index (κ3) is 21.6. The van der Waals surface area contributed by atoms with Crippen molar-refractivity contribution in [1.82, 2.24) is 10.2 Å². The lowest BCUT2D eigenvalue weighted by Gasteiger charge is -2.23. The van der Waals surface area contributed by atoms with Crippen LogP contribution in [0.3, 0.4) is 0 Å². The van der Waals surface area contributed by atoms with E-state index in [0.29, 0.717) is 0 Å². The lowest BCUT2D eigenvalue weighted by Crippen LogP contribution is -2.34. The van der Waals surface area contributed by atoms with Crippen LogP contribution in [0.15, 0.2) is 12.2 Å². The Balaban J connectivity index is 0. The molecule has 1 aliphatic rings. The number of aliphatic hydroxyl groups is 1. The van der Waals surface area contributed by atoms with E-state index in [1.165, 1.54) is 37.8 Å². The van der Waals surface area contributed by atoms with Gasteiger partial charge in [-0.2, -0.15) is 0 Å². The molecule has 0 aliphatic carbocycles. The Labute approximate surface area is 146 Å². The molecular formula is C20H44N2O. The van der Waals surface area contributed by atoms with Gasteiger partial charge in [0.25, 0.3) is 0 Å². The van der Waals surface area contributed by atoms with Gasteiger partial charge in [0.2, 0.25) is 0 Å². The predicted octanol–water partition coefficient (Wildman–Crippen LogP) is 4.32. The average Bonchev–Trinajstić information content (AvgIpc) is 2.37. The fourth-order valence-corrected chi connectivity index (χ4v) is 2.71. The van der Waals surface area contributed by atoms with Gasteiger partial charge in [0.05, 0.1) is 0 Å². The molecule has 0 aromatic rings. The zero-order chi connectivity index (χ0) is 18.4. The Bertz CT molecular complexity index is 252. The van der Waals surface area contributed by atoms with Crippen LogP contribution in [0.1, 0.15) is 67.2 Å². The van der Waals surface area contributed by atoms with E-state index in [1.807, 2.05) is 0 Å². The quantitative estimate of drug-likeness (QED) is 0.738. The van der Waals surface area contributed by atoms with Crippen molar-refractivity contribution in [3.63, 3.8) is 0 Å². The van der Waals surface area contributed by atoms with Gasteiger partial charge in [-0.3, -0.25) is 0 Å². The van der Waals surface area contributed by atoms with Crippen LogP contribution in [0.2, 0.25) is 0 Å². The van der Waals surface area contributed by atoms with Crippen LogP contribution in [0.25, 0.3) is 0 Å². The number of rotatable bonds is 5. The molecule has 0 bridgehead atoms. The van der Waals surface area contributed by atoms with Crippen LogP contribution < -0.4 is 5.32 Å². The zero-order valence-electron chi connectivity index (χ0n) is 17.2. The summed E-state index contributed by atoms with van der Waals surface area (Å²) in [6.45, 7) is 18.7. The van der Waals surface area contributed by atoms with E-state index < -0.39 is 0 Å². The summed E-state index contributed by atoms with van der Waals surface area (Å²) in [6, 6.07) is 0.760. The summed E-state index contributed by atoms with van der Waals surface area (Å²) in [5, 5.41) is 11.5. The standard InChI is InChI=1S/C9H21N.C8H15N.C3H8O/c1-8(2)6-9(3)7-10(4)5;1-3-8-5-4-7(2)6-9-8;1-3(2)4/h8-9H,6-7H2,1-5H3;8-9H,2-6H2,1H3;3-4H,1-2H3. The Morgan fingerprint density at radius 2 is 1.74 bits per heavy atom. The number of piperidine rings is 1. The second kappa shape index (κ2) is 15.2. The lowest BCUT2D eigenvalue weighted by atomic mass is 9.99. The van der Waals surface area contributed by atoms with Gasteiger partial charge in [-0.15, -0.1) is 0 Å². The first kappa shape index (κ1) is 24.9. The fraction of sp³-hybridized carbons (Fsp3) is 0.900. The molecule has 0 aromatic heterocycles. The normalized spacial score (nSPS) is 19.1. The highest BCUT2D eigenvalue weighted by molar-refractivity contribution is 5.01. The number of aliphatic hydroxyl groups excluding tert-OH is 1. The maximum atomic E-state index is 8.06. The molecule has 0 saturated carbocycles. The lowest BCUT2D eigenvalue weighted by molar-refractivity contribution is 0.216. The highest BCUT2D eigenvalue weighted by Crippen LogP contribution is 2.12. The minimum Gasteiger partial charge on any atom is -0.394 e. The van der Waals surface area contributed by atoms with Crippen LogP contribution in [0.4, 0.5) is 0 Å². The highest BCUT2D eigenvalue weighted by Gasteiger charge is 2.11. The van der Waals surface area contributed by atoms with Crippen LogP contribution in [-0.4, -0.2) is 49.3 Å². The van der Waals surface area contributed by atoms with E-state index in [9.17, 15) is 0 Å². The molecule has 1 rings (SSSR count). The summed E-state index contributed by atoms with van der Waals surface area (Å²) in [7, 11) is 4.27. The van der Waals surface area contributed by atoms with Crippen molar-refractivity contribution in [2.75, 3.05) is 27.2 Å². The predicted molar refractivity (Wildman–Crippen MR) is 105 cm³/mol. The minimum absolute atomic E-state index is 0.167. The summed E-state index contributed by atoms with van der Waals surface area (Å²) in [4.78, 5) is 2.26. The summed E-state index contributed by atoms with van der Waals surface area (Å²) in [5.41, 5.74) is 1.36. The molecule has 140 valence electrons. The summed E-state index contributed by atoms with van der Waals surface area (Å²) >= 11 is 0. The molecule has 3 heteroatoms. The molecule has 2 atom stereocenters. The molecule has 0 spiro atoms. The number of nitrogens with zero attached hydrogens (tertiary/aromatic N) is 1. The number of hydrogen-bond acceptors (Lipinski definition) is 3. The largest absolute Gasteiger partial charge is 0.394 e. The molecule has 1 aliphatic heterocycles. The maximum absolute atomic E-state index is 8.06. The molecule has 23 heavy (non-hydrogen) atoms. The smallest absolute Gasteiger partial charge is 0.0483 e. The molecule has 0 radical (unpaired) electrons. The van der Waals surface area contributed by atoms with Gasteiger partial charge in [-0.25, -0.2) is 0 Å². The van der Waals surface area contributed by atoms with Gasteiger partial charge in [0.15, 0.2) is 0 Å². The maximum Gasteiger partial charge on any atom is 0.0483 e. The second-order valence-corrected chi connectivity index (χ2v) is 7.87. The highest BCUT2D eigenvalue weighted by atomic mass is 16.3. The van der Waals surface area contributed by atoms with Crippen molar-refractivity contribution in [2.45, 2.75) is 79.4 Å². The van der Waals surface area contributed by atoms with Gasteiger partial charge in [0.1, 0.15) is 0 Å². The molecule has 3 nitrogen and oxygen atoms in total. The third-order valence-electron chi connectivity index (χ3n) is 3.53. The van der Waals surface area contributed by atoms with Crippen molar-refractivity contribution in [3.8, 4) is 0 Å². The van der Waals surface area contributed by atoms with Crippen LogP contribution >= 0.6 is 0 Å². The second-order valence-electron chi connectivity index (χ2n) is 7.87. The fourth-order valence-electron chi connectivity index (χ4n) is 2.71. The van der Waals surface area contributed by atoms with E-state index in [1.54, 1.807) is 13.8 Å². The zero-order valence-corrected chi connectivity index (χ0v) is 17.2. The van der Waals surface area contributed by atoms with Crippen LogP contribution in [0.5, 0.6) is 0 Å². The number of hydrogen-bond donors (Lipinski definition) is 2. The van der Waals surface area contributed by atoms with Crippen LogP contribution in [0, 0.1) is 11.8 Å². The Morgan fingerprint density at radius 1 is 1.22 bits per heavy atom.